The van der Waals surface area contributed by atoms with Gasteiger partial charge in [-0.25, -0.2) is 9.97 Å². The van der Waals surface area contributed by atoms with Crippen molar-refractivity contribution in [2.24, 2.45) is 0 Å². The zero-order valence-corrected chi connectivity index (χ0v) is 12.7. The summed E-state index contributed by atoms with van der Waals surface area (Å²) in [5.41, 5.74) is 13.0. The van der Waals surface area contributed by atoms with Crippen LogP contribution < -0.4 is 11.5 Å². The highest BCUT2D eigenvalue weighted by Gasteiger charge is 2.08. The summed E-state index contributed by atoms with van der Waals surface area (Å²) in [5, 5.41) is 0.543. The van der Waals surface area contributed by atoms with Crippen LogP contribution >= 0.6 is 11.8 Å². The standard InChI is InChI=1S/C14H17N5OS/c1-19(2)13(20)10-5-3-9(4-6-10)8-21-14-17-11(15)7-12(16)18-14/h3-7H,8H2,1-2H3,(H4,15,16,17,18). The molecule has 1 aromatic heterocycles. The van der Waals surface area contributed by atoms with Gasteiger partial charge in [0.2, 0.25) is 0 Å². The molecular formula is C14H17N5OS. The van der Waals surface area contributed by atoms with Crippen molar-refractivity contribution in [3.63, 3.8) is 0 Å². The maximum absolute atomic E-state index is 11.8. The van der Waals surface area contributed by atoms with Crippen LogP contribution in [0, 0.1) is 0 Å². The van der Waals surface area contributed by atoms with Crippen molar-refractivity contribution in [1.82, 2.24) is 14.9 Å². The van der Waals surface area contributed by atoms with E-state index < -0.39 is 0 Å². The summed E-state index contributed by atoms with van der Waals surface area (Å²) in [6.45, 7) is 0. The first-order chi connectivity index (χ1) is 9.95. The topological polar surface area (TPSA) is 98.1 Å². The Labute approximate surface area is 127 Å². The highest BCUT2D eigenvalue weighted by Crippen LogP contribution is 2.21. The molecule has 0 bridgehead atoms. The predicted octanol–water partition coefficient (Wildman–Crippen LogP) is 1.64. The Morgan fingerprint density at radius 2 is 1.71 bits per heavy atom. The van der Waals surface area contributed by atoms with Crippen LogP contribution in [-0.4, -0.2) is 34.9 Å². The minimum absolute atomic E-state index is 0.0128. The maximum Gasteiger partial charge on any atom is 0.253 e. The number of amides is 1. The third-order valence-corrected chi connectivity index (χ3v) is 3.64. The van der Waals surface area contributed by atoms with Gasteiger partial charge < -0.3 is 16.4 Å². The van der Waals surface area contributed by atoms with E-state index in [0.29, 0.717) is 28.1 Å². The lowest BCUT2D eigenvalue weighted by molar-refractivity contribution is 0.0827. The summed E-state index contributed by atoms with van der Waals surface area (Å²) in [5.74, 6) is 1.38. The van der Waals surface area contributed by atoms with Gasteiger partial charge in [0, 0.05) is 31.5 Å². The minimum atomic E-state index is -0.0128. The lowest BCUT2D eigenvalue weighted by Crippen LogP contribution is -2.21. The molecule has 4 N–H and O–H groups in total. The van der Waals surface area contributed by atoms with Crippen LogP contribution in [0.3, 0.4) is 0 Å². The smallest absolute Gasteiger partial charge is 0.253 e. The van der Waals surface area contributed by atoms with Crippen molar-refractivity contribution in [3.8, 4) is 0 Å². The first-order valence-electron chi connectivity index (χ1n) is 6.29. The molecule has 0 spiro atoms. The molecule has 0 radical (unpaired) electrons. The Balaban J connectivity index is 2.02. The van der Waals surface area contributed by atoms with Gasteiger partial charge in [-0.2, -0.15) is 0 Å². The predicted molar refractivity (Wildman–Crippen MR) is 84.9 cm³/mol. The number of nitrogens with two attached hydrogens (primary N) is 2. The molecular weight excluding hydrogens is 286 g/mol. The fourth-order valence-corrected chi connectivity index (χ4v) is 2.50. The van der Waals surface area contributed by atoms with Crippen molar-refractivity contribution in [3.05, 3.63) is 41.5 Å². The van der Waals surface area contributed by atoms with Crippen LogP contribution in [0.15, 0.2) is 35.5 Å². The molecule has 7 heteroatoms. The number of anilines is 2. The molecule has 6 nitrogen and oxygen atoms in total. The number of hydrogen-bond donors (Lipinski definition) is 2. The van der Waals surface area contributed by atoms with Crippen molar-refractivity contribution in [2.45, 2.75) is 10.9 Å². The molecule has 0 aliphatic rings. The van der Waals surface area contributed by atoms with Crippen LogP contribution in [-0.2, 0) is 5.75 Å². The van der Waals surface area contributed by atoms with Crippen molar-refractivity contribution in [2.75, 3.05) is 25.6 Å². The zero-order chi connectivity index (χ0) is 15.4. The fraction of sp³-hybridized carbons (Fsp3) is 0.214. The van der Waals surface area contributed by atoms with Gasteiger partial charge in [-0.15, -0.1) is 0 Å². The number of benzene rings is 1. The molecule has 1 heterocycles. The average Bonchev–Trinajstić information content (AvgIpc) is 2.44. The third-order valence-electron chi connectivity index (χ3n) is 2.72. The average molecular weight is 303 g/mol. The van der Waals surface area contributed by atoms with Crippen LogP contribution in [0.1, 0.15) is 15.9 Å². The van der Waals surface area contributed by atoms with E-state index in [-0.39, 0.29) is 5.91 Å². The lowest BCUT2D eigenvalue weighted by Gasteiger charge is -2.10. The van der Waals surface area contributed by atoms with E-state index in [0.717, 1.165) is 5.56 Å². The van der Waals surface area contributed by atoms with Gasteiger partial charge in [-0.1, -0.05) is 23.9 Å². The molecule has 2 aromatic rings. The van der Waals surface area contributed by atoms with Crippen LogP contribution in [0.5, 0.6) is 0 Å². The Bertz CT molecular complexity index is 622. The first-order valence-corrected chi connectivity index (χ1v) is 7.27. The molecule has 0 aliphatic carbocycles. The minimum Gasteiger partial charge on any atom is -0.383 e. The van der Waals surface area contributed by atoms with Crippen LogP contribution in [0.4, 0.5) is 11.6 Å². The Morgan fingerprint density at radius 1 is 1.14 bits per heavy atom. The highest BCUT2D eigenvalue weighted by atomic mass is 32.2. The van der Waals surface area contributed by atoms with Gasteiger partial charge in [0.05, 0.1) is 0 Å². The van der Waals surface area contributed by atoms with Gasteiger partial charge in [-0.3, -0.25) is 4.79 Å². The Morgan fingerprint density at radius 3 is 2.24 bits per heavy atom. The van der Waals surface area contributed by atoms with Gasteiger partial charge in [0.1, 0.15) is 11.6 Å². The van der Waals surface area contributed by atoms with Gasteiger partial charge in [-0.05, 0) is 17.7 Å². The van der Waals surface area contributed by atoms with Crippen molar-refractivity contribution < 1.29 is 4.79 Å². The maximum atomic E-state index is 11.8. The third kappa shape index (κ3) is 4.09. The summed E-state index contributed by atoms with van der Waals surface area (Å²) in [7, 11) is 3.46. The second kappa shape index (κ2) is 6.45. The summed E-state index contributed by atoms with van der Waals surface area (Å²) < 4.78 is 0. The van der Waals surface area contributed by atoms with E-state index in [1.165, 1.54) is 17.8 Å². The van der Waals surface area contributed by atoms with Gasteiger partial charge in [0.25, 0.3) is 5.91 Å². The SMILES string of the molecule is CN(C)C(=O)c1ccc(CSc2nc(N)cc(N)n2)cc1. The van der Waals surface area contributed by atoms with E-state index in [1.54, 1.807) is 19.0 Å². The number of hydrogen-bond acceptors (Lipinski definition) is 6. The largest absolute Gasteiger partial charge is 0.383 e. The number of thioether (sulfide) groups is 1. The molecule has 110 valence electrons. The summed E-state index contributed by atoms with van der Waals surface area (Å²) in [6, 6.07) is 8.98. The number of nitrogens with zero attached hydrogens (tertiary/aromatic N) is 3. The molecule has 21 heavy (non-hydrogen) atoms. The lowest BCUT2D eigenvalue weighted by atomic mass is 10.1. The Hall–Kier alpha value is -2.28. The molecule has 0 aliphatic heterocycles. The van der Waals surface area contributed by atoms with Crippen molar-refractivity contribution in [1.29, 1.82) is 0 Å². The molecule has 1 aromatic carbocycles. The van der Waals surface area contributed by atoms with Gasteiger partial charge >= 0.3 is 0 Å². The summed E-state index contributed by atoms with van der Waals surface area (Å²) in [6.07, 6.45) is 0. The van der Waals surface area contributed by atoms with Crippen LogP contribution in [0.25, 0.3) is 0 Å². The van der Waals surface area contributed by atoms with Crippen molar-refractivity contribution >= 4 is 29.3 Å². The molecule has 0 unspecified atom stereocenters. The molecule has 0 saturated heterocycles. The van der Waals surface area contributed by atoms with E-state index >= 15 is 0 Å². The van der Waals surface area contributed by atoms with Gasteiger partial charge in [0.15, 0.2) is 5.16 Å². The number of carbonyl (C=O) groups excluding carboxylic acids is 1. The highest BCUT2D eigenvalue weighted by molar-refractivity contribution is 7.98. The quantitative estimate of drug-likeness (QED) is 0.658. The van der Waals surface area contributed by atoms with Crippen LogP contribution in [0.2, 0.25) is 0 Å². The molecule has 2 rings (SSSR count). The van der Waals surface area contributed by atoms with E-state index in [1.807, 2.05) is 24.3 Å². The molecule has 0 atom stereocenters. The first kappa shape index (κ1) is 15.1. The molecule has 0 saturated carbocycles. The zero-order valence-electron chi connectivity index (χ0n) is 11.9. The second-order valence-corrected chi connectivity index (χ2v) is 5.63. The molecule has 0 fully saturated rings. The number of nitrogen functional groups attached to an aromatic ring is 2. The normalized spacial score (nSPS) is 10.4. The fourth-order valence-electron chi connectivity index (χ4n) is 1.68. The van der Waals surface area contributed by atoms with E-state index in [4.69, 9.17) is 11.5 Å². The number of carbonyl (C=O) groups is 1. The summed E-state index contributed by atoms with van der Waals surface area (Å²) >= 11 is 1.44. The molecule has 1 amide bonds. The monoisotopic (exact) mass is 303 g/mol. The van der Waals surface area contributed by atoms with E-state index in [9.17, 15) is 4.79 Å². The van der Waals surface area contributed by atoms with E-state index in [2.05, 4.69) is 9.97 Å². The Kier molecular flexibility index (Phi) is 4.64. The number of aromatic nitrogens is 2. The number of rotatable bonds is 4. The second-order valence-electron chi connectivity index (χ2n) is 4.69. The summed E-state index contributed by atoms with van der Waals surface area (Å²) in [4.78, 5) is 21.5.